The summed E-state index contributed by atoms with van der Waals surface area (Å²) in [4.78, 5) is 16.7. The second kappa shape index (κ2) is 6.34. The van der Waals surface area contributed by atoms with E-state index in [1.54, 1.807) is 30.5 Å². The molecule has 2 aromatic carbocycles. The van der Waals surface area contributed by atoms with Gasteiger partial charge in [0.25, 0.3) is 5.91 Å². The average molecular weight is 331 g/mol. The Balaban J connectivity index is 1.82. The number of pyridine rings is 1. The van der Waals surface area contributed by atoms with E-state index < -0.39 is 0 Å². The molecule has 1 aromatic heterocycles. The van der Waals surface area contributed by atoms with E-state index in [0.29, 0.717) is 22.2 Å². The van der Waals surface area contributed by atoms with E-state index in [-0.39, 0.29) is 5.91 Å². The summed E-state index contributed by atoms with van der Waals surface area (Å²) < 4.78 is 0. The first-order valence-corrected chi connectivity index (χ1v) is 7.46. The van der Waals surface area contributed by atoms with Crippen molar-refractivity contribution < 1.29 is 4.79 Å². The summed E-state index contributed by atoms with van der Waals surface area (Å²) in [6.07, 6.45) is 1.63. The molecule has 0 saturated carbocycles. The highest BCUT2D eigenvalue weighted by atomic mass is 35.5. The molecule has 3 nitrogen and oxygen atoms in total. The van der Waals surface area contributed by atoms with Crippen LogP contribution in [0.4, 0.5) is 0 Å². The van der Waals surface area contributed by atoms with Crippen LogP contribution in [0.15, 0.2) is 54.7 Å². The molecule has 3 aromatic rings. The topological polar surface area (TPSA) is 42.0 Å². The molecule has 0 spiro atoms. The van der Waals surface area contributed by atoms with E-state index in [1.807, 2.05) is 24.3 Å². The number of para-hydroxylation sites is 1. The fraction of sp³-hybridized carbons (Fsp3) is 0.0588. The molecule has 0 fully saturated rings. The van der Waals surface area contributed by atoms with E-state index in [2.05, 4.69) is 10.3 Å². The third-order valence-corrected chi connectivity index (χ3v) is 3.94. The Hall–Kier alpha value is -2.10. The zero-order valence-electron chi connectivity index (χ0n) is 11.5. The quantitative estimate of drug-likeness (QED) is 0.769. The van der Waals surface area contributed by atoms with Crippen LogP contribution >= 0.6 is 23.2 Å². The summed E-state index contributed by atoms with van der Waals surface area (Å²) in [5.41, 5.74) is 2.20. The molecule has 1 N–H and O–H groups in total. The lowest BCUT2D eigenvalue weighted by Crippen LogP contribution is -2.23. The average Bonchev–Trinajstić information content (AvgIpc) is 2.53. The lowest BCUT2D eigenvalue weighted by Gasteiger charge is -2.09. The molecule has 0 saturated heterocycles. The van der Waals surface area contributed by atoms with Gasteiger partial charge in [-0.2, -0.15) is 0 Å². The van der Waals surface area contributed by atoms with Crippen LogP contribution in [0.1, 0.15) is 15.9 Å². The Kier molecular flexibility index (Phi) is 4.27. The Labute approximate surface area is 137 Å². The first-order valence-electron chi connectivity index (χ1n) is 6.71. The monoisotopic (exact) mass is 330 g/mol. The molecule has 0 aliphatic heterocycles. The molecule has 0 aliphatic carbocycles. The Bertz CT molecular complexity index is 844. The van der Waals surface area contributed by atoms with Gasteiger partial charge in [-0.15, -0.1) is 0 Å². The summed E-state index contributed by atoms with van der Waals surface area (Å²) in [5.74, 6) is -0.162. The maximum atomic E-state index is 12.4. The molecule has 0 unspecified atom stereocenters. The van der Waals surface area contributed by atoms with Gasteiger partial charge in [-0.25, -0.2) is 0 Å². The second-order valence-electron chi connectivity index (χ2n) is 4.79. The SMILES string of the molecule is O=C(NCc1ccc(Cl)cc1Cl)c1ccnc2ccccc12. The Morgan fingerprint density at radius 2 is 1.91 bits per heavy atom. The van der Waals surface area contributed by atoms with Gasteiger partial charge in [0.05, 0.1) is 11.1 Å². The van der Waals surface area contributed by atoms with E-state index in [0.717, 1.165) is 16.5 Å². The first-order chi connectivity index (χ1) is 10.6. The largest absolute Gasteiger partial charge is 0.348 e. The molecule has 5 heteroatoms. The van der Waals surface area contributed by atoms with Crippen molar-refractivity contribution in [3.8, 4) is 0 Å². The van der Waals surface area contributed by atoms with Gasteiger partial charge in [0.1, 0.15) is 0 Å². The van der Waals surface area contributed by atoms with Crippen LogP contribution in [-0.4, -0.2) is 10.9 Å². The molecule has 0 aliphatic rings. The fourth-order valence-corrected chi connectivity index (χ4v) is 2.70. The number of aromatic nitrogens is 1. The minimum absolute atomic E-state index is 0.162. The summed E-state index contributed by atoms with van der Waals surface area (Å²) in [7, 11) is 0. The smallest absolute Gasteiger partial charge is 0.252 e. The van der Waals surface area contributed by atoms with Gasteiger partial charge in [-0.3, -0.25) is 9.78 Å². The lowest BCUT2D eigenvalue weighted by atomic mass is 10.1. The molecule has 3 rings (SSSR count). The van der Waals surface area contributed by atoms with Crippen molar-refractivity contribution in [2.75, 3.05) is 0 Å². The maximum Gasteiger partial charge on any atom is 0.252 e. The van der Waals surface area contributed by atoms with Crippen LogP contribution in [-0.2, 0) is 6.54 Å². The van der Waals surface area contributed by atoms with Crippen molar-refractivity contribution in [2.45, 2.75) is 6.54 Å². The van der Waals surface area contributed by atoms with Gasteiger partial charge < -0.3 is 5.32 Å². The van der Waals surface area contributed by atoms with E-state index >= 15 is 0 Å². The third kappa shape index (κ3) is 3.06. The Morgan fingerprint density at radius 1 is 1.09 bits per heavy atom. The van der Waals surface area contributed by atoms with Crippen molar-refractivity contribution in [3.05, 3.63) is 75.9 Å². The number of rotatable bonds is 3. The predicted molar refractivity (Wildman–Crippen MR) is 89.4 cm³/mol. The first kappa shape index (κ1) is 14.8. The van der Waals surface area contributed by atoms with Gasteiger partial charge in [-0.05, 0) is 29.8 Å². The van der Waals surface area contributed by atoms with Crippen LogP contribution in [0.2, 0.25) is 10.0 Å². The van der Waals surface area contributed by atoms with Crippen LogP contribution in [0.3, 0.4) is 0 Å². The molecule has 0 radical (unpaired) electrons. The van der Waals surface area contributed by atoms with E-state index in [1.165, 1.54) is 0 Å². The normalized spacial score (nSPS) is 10.6. The number of fused-ring (bicyclic) bond motifs is 1. The zero-order valence-corrected chi connectivity index (χ0v) is 13.0. The molecular formula is C17H12Cl2N2O. The van der Waals surface area contributed by atoms with E-state index in [4.69, 9.17) is 23.2 Å². The summed E-state index contributed by atoms with van der Waals surface area (Å²) in [6.45, 7) is 0.339. The van der Waals surface area contributed by atoms with Gasteiger partial charge in [0.2, 0.25) is 0 Å². The standard InChI is InChI=1S/C17H12Cl2N2O/c18-12-6-5-11(15(19)9-12)10-21-17(22)14-7-8-20-16-4-2-1-3-13(14)16/h1-9H,10H2,(H,21,22). The van der Waals surface area contributed by atoms with Crippen molar-refractivity contribution in [1.82, 2.24) is 10.3 Å². The molecule has 0 bridgehead atoms. The minimum atomic E-state index is -0.162. The second-order valence-corrected chi connectivity index (χ2v) is 5.64. The van der Waals surface area contributed by atoms with Gasteiger partial charge >= 0.3 is 0 Å². The van der Waals surface area contributed by atoms with Crippen LogP contribution in [0.25, 0.3) is 10.9 Å². The van der Waals surface area contributed by atoms with Crippen molar-refractivity contribution in [3.63, 3.8) is 0 Å². The fourth-order valence-electron chi connectivity index (χ4n) is 2.23. The predicted octanol–water partition coefficient (Wildman–Crippen LogP) is 4.47. The number of hydrogen-bond donors (Lipinski definition) is 1. The minimum Gasteiger partial charge on any atom is -0.348 e. The van der Waals surface area contributed by atoms with Crippen LogP contribution in [0, 0.1) is 0 Å². The van der Waals surface area contributed by atoms with E-state index in [9.17, 15) is 4.79 Å². The number of nitrogens with one attached hydrogen (secondary N) is 1. The van der Waals surface area contributed by atoms with Crippen LogP contribution in [0.5, 0.6) is 0 Å². The van der Waals surface area contributed by atoms with Crippen molar-refractivity contribution in [1.29, 1.82) is 0 Å². The molecule has 1 amide bonds. The van der Waals surface area contributed by atoms with Gasteiger partial charge in [-0.1, -0.05) is 47.5 Å². The number of carbonyl (C=O) groups is 1. The molecule has 22 heavy (non-hydrogen) atoms. The third-order valence-electron chi connectivity index (χ3n) is 3.35. The molecule has 110 valence electrons. The lowest BCUT2D eigenvalue weighted by molar-refractivity contribution is 0.0952. The number of benzene rings is 2. The van der Waals surface area contributed by atoms with Crippen molar-refractivity contribution >= 4 is 40.0 Å². The zero-order chi connectivity index (χ0) is 15.5. The summed E-state index contributed by atoms with van der Waals surface area (Å²) >= 11 is 12.0. The summed E-state index contributed by atoms with van der Waals surface area (Å²) in [5, 5.41) is 4.80. The number of carbonyl (C=O) groups excluding carboxylic acids is 1. The number of halogens is 2. The highest BCUT2D eigenvalue weighted by molar-refractivity contribution is 6.35. The number of amides is 1. The highest BCUT2D eigenvalue weighted by Gasteiger charge is 2.10. The molecule has 1 heterocycles. The van der Waals surface area contributed by atoms with Gasteiger partial charge in [0, 0.05) is 28.2 Å². The Morgan fingerprint density at radius 3 is 2.73 bits per heavy atom. The summed E-state index contributed by atoms with van der Waals surface area (Å²) in [6, 6.07) is 14.5. The molecular weight excluding hydrogens is 319 g/mol. The van der Waals surface area contributed by atoms with Crippen LogP contribution < -0.4 is 5.32 Å². The van der Waals surface area contributed by atoms with Crippen molar-refractivity contribution in [2.24, 2.45) is 0 Å². The van der Waals surface area contributed by atoms with Gasteiger partial charge in [0.15, 0.2) is 0 Å². The maximum absolute atomic E-state index is 12.4. The molecule has 0 atom stereocenters. The number of nitrogens with zero attached hydrogens (tertiary/aromatic N) is 1. The highest BCUT2D eigenvalue weighted by Crippen LogP contribution is 2.21. The number of hydrogen-bond acceptors (Lipinski definition) is 2.